The predicted octanol–water partition coefficient (Wildman–Crippen LogP) is 3.19. The Hall–Kier alpha value is -1.02. The number of nitrogens with zero attached hydrogens (tertiary/aromatic N) is 1. The summed E-state index contributed by atoms with van der Waals surface area (Å²) in [5, 5.41) is 3.34. The molecule has 13 heavy (non-hydrogen) atoms. The van der Waals surface area contributed by atoms with Gasteiger partial charge in [0.2, 0.25) is 0 Å². The Bertz CT molecular complexity index is 352. The van der Waals surface area contributed by atoms with Gasteiger partial charge in [0.15, 0.2) is 0 Å². The third-order valence-electron chi connectivity index (χ3n) is 1.99. The number of rotatable bonds is 1. The molecule has 66 valence electrons. The van der Waals surface area contributed by atoms with E-state index in [2.05, 4.69) is 34.7 Å². The maximum absolute atomic E-state index is 4.40. The Morgan fingerprint density at radius 1 is 1.23 bits per heavy atom. The molecule has 0 amide bonds. The van der Waals surface area contributed by atoms with Gasteiger partial charge in [-0.25, -0.2) is 0 Å². The molecule has 0 saturated heterocycles. The zero-order valence-electron chi connectivity index (χ0n) is 7.53. The van der Waals surface area contributed by atoms with Crippen LogP contribution in [0.1, 0.15) is 12.5 Å². The van der Waals surface area contributed by atoms with Gasteiger partial charge in [-0.3, -0.25) is 4.99 Å². The molecule has 0 saturated carbocycles. The highest BCUT2D eigenvalue weighted by Gasteiger charge is 2.05. The van der Waals surface area contributed by atoms with Crippen molar-refractivity contribution in [3.05, 3.63) is 41.3 Å². The fraction of sp³-hybridized carbons (Fsp3) is 0.182. The minimum absolute atomic E-state index is 0.822. The van der Waals surface area contributed by atoms with Crippen LogP contribution < -0.4 is 0 Å². The maximum Gasteiger partial charge on any atom is 0.0691 e. The average Bonchev–Trinajstić information content (AvgIpc) is 2.20. The number of hydrogen-bond acceptors (Lipinski definition) is 2. The van der Waals surface area contributed by atoms with E-state index in [1.54, 1.807) is 11.8 Å². The summed E-state index contributed by atoms with van der Waals surface area (Å²) in [6.45, 7) is 2.87. The fourth-order valence-electron chi connectivity index (χ4n) is 1.24. The molecular formula is C11H11NS. The van der Waals surface area contributed by atoms with E-state index in [4.69, 9.17) is 0 Å². The first-order valence-corrected chi connectivity index (χ1v) is 5.16. The lowest BCUT2D eigenvalue weighted by atomic mass is 10.1. The highest BCUT2D eigenvalue weighted by molar-refractivity contribution is 8.16. The second kappa shape index (κ2) is 3.79. The van der Waals surface area contributed by atoms with Crippen molar-refractivity contribution in [2.45, 2.75) is 6.92 Å². The van der Waals surface area contributed by atoms with Crippen LogP contribution in [0.25, 0.3) is 5.57 Å². The van der Waals surface area contributed by atoms with E-state index < -0.39 is 0 Å². The smallest absolute Gasteiger partial charge is 0.0691 e. The number of aliphatic imine (C=N–C) groups is 1. The Morgan fingerprint density at radius 3 is 2.62 bits per heavy atom. The van der Waals surface area contributed by atoms with Crippen molar-refractivity contribution in [1.82, 2.24) is 0 Å². The molecule has 2 heteroatoms. The summed E-state index contributed by atoms with van der Waals surface area (Å²) in [6.07, 6.45) is 0. The van der Waals surface area contributed by atoms with Gasteiger partial charge in [-0.2, -0.15) is 0 Å². The lowest BCUT2D eigenvalue weighted by Gasteiger charge is -2.09. The normalized spacial score (nSPS) is 16.4. The summed E-state index contributed by atoms with van der Waals surface area (Å²) in [6, 6.07) is 10.4. The SMILES string of the molecule is CC1=NCC(c2ccccc2)=CS1. The summed E-state index contributed by atoms with van der Waals surface area (Å²) in [4.78, 5) is 4.40. The molecule has 0 unspecified atom stereocenters. The minimum atomic E-state index is 0.822. The highest BCUT2D eigenvalue weighted by Crippen LogP contribution is 2.23. The van der Waals surface area contributed by atoms with E-state index in [0.29, 0.717) is 0 Å². The van der Waals surface area contributed by atoms with Crippen LogP contribution in [-0.4, -0.2) is 11.6 Å². The van der Waals surface area contributed by atoms with Crippen molar-refractivity contribution >= 4 is 22.4 Å². The molecule has 1 nitrogen and oxygen atoms in total. The first kappa shape index (κ1) is 8.57. The molecule has 2 rings (SSSR count). The lowest BCUT2D eigenvalue weighted by molar-refractivity contribution is 1.26. The van der Waals surface area contributed by atoms with E-state index in [-0.39, 0.29) is 0 Å². The molecule has 0 aliphatic carbocycles. The van der Waals surface area contributed by atoms with Gasteiger partial charge in [-0.1, -0.05) is 42.1 Å². The third kappa shape index (κ3) is 2.01. The average molecular weight is 189 g/mol. The van der Waals surface area contributed by atoms with Crippen molar-refractivity contribution < 1.29 is 0 Å². The fourth-order valence-corrected chi connectivity index (χ4v) is 1.90. The third-order valence-corrected chi connectivity index (χ3v) is 2.86. The molecule has 1 aromatic rings. The second-order valence-corrected chi connectivity index (χ2v) is 4.02. The van der Waals surface area contributed by atoms with Gasteiger partial charge in [0.25, 0.3) is 0 Å². The van der Waals surface area contributed by atoms with E-state index in [1.165, 1.54) is 11.1 Å². The van der Waals surface area contributed by atoms with Gasteiger partial charge < -0.3 is 0 Å². The first-order valence-electron chi connectivity index (χ1n) is 4.28. The number of benzene rings is 1. The van der Waals surface area contributed by atoms with Crippen LogP contribution in [0.2, 0.25) is 0 Å². The number of thioether (sulfide) groups is 1. The minimum Gasteiger partial charge on any atom is -0.278 e. The molecular weight excluding hydrogens is 178 g/mol. The highest BCUT2D eigenvalue weighted by atomic mass is 32.2. The van der Waals surface area contributed by atoms with Gasteiger partial charge in [0.05, 0.1) is 11.6 Å². The summed E-state index contributed by atoms with van der Waals surface area (Å²) in [5.74, 6) is 0. The molecule has 0 aromatic heterocycles. The van der Waals surface area contributed by atoms with Crippen molar-refractivity contribution in [3.63, 3.8) is 0 Å². The van der Waals surface area contributed by atoms with Gasteiger partial charge in [0, 0.05) is 0 Å². The van der Waals surface area contributed by atoms with Gasteiger partial charge in [0.1, 0.15) is 0 Å². The van der Waals surface area contributed by atoms with Gasteiger partial charge in [-0.05, 0) is 23.5 Å². The van der Waals surface area contributed by atoms with Gasteiger partial charge >= 0.3 is 0 Å². The molecule has 1 aliphatic rings. The second-order valence-electron chi connectivity index (χ2n) is 2.96. The van der Waals surface area contributed by atoms with Crippen LogP contribution in [0, 0.1) is 0 Å². The summed E-state index contributed by atoms with van der Waals surface area (Å²) in [7, 11) is 0. The van der Waals surface area contributed by atoms with E-state index in [9.17, 15) is 0 Å². The van der Waals surface area contributed by atoms with Crippen LogP contribution in [0.3, 0.4) is 0 Å². The Labute approximate surface area is 82.6 Å². The first-order chi connectivity index (χ1) is 6.36. The van der Waals surface area contributed by atoms with Crippen molar-refractivity contribution in [3.8, 4) is 0 Å². The molecule has 1 heterocycles. The Balaban J connectivity index is 2.21. The Morgan fingerprint density at radius 2 is 2.00 bits per heavy atom. The van der Waals surface area contributed by atoms with E-state index >= 15 is 0 Å². The summed E-state index contributed by atoms with van der Waals surface area (Å²) >= 11 is 1.71. The van der Waals surface area contributed by atoms with Gasteiger partial charge in [-0.15, -0.1) is 0 Å². The molecule has 1 aromatic carbocycles. The zero-order chi connectivity index (χ0) is 9.10. The van der Waals surface area contributed by atoms with Crippen molar-refractivity contribution in [2.24, 2.45) is 4.99 Å². The summed E-state index contributed by atoms with van der Waals surface area (Å²) < 4.78 is 0. The predicted molar refractivity (Wildman–Crippen MR) is 60.0 cm³/mol. The standard InChI is InChI=1S/C11H11NS/c1-9-12-7-11(8-13-9)10-5-3-2-4-6-10/h2-6,8H,7H2,1H3. The molecule has 0 bridgehead atoms. The molecule has 0 atom stereocenters. The Kier molecular flexibility index (Phi) is 2.50. The topological polar surface area (TPSA) is 12.4 Å². The summed E-state index contributed by atoms with van der Waals surface area (Å²) in [5.41, 5.74) is 2.60. The molecule has 0 radical (unpaired) electrons. The number of hydrogen-bond donors (Lipinski definition) is 0. The molecule has 0 N–H and O–H groups in total. The molecule has 1 aliphatic heterocycles. The zero-order valence-corrected chi connectivity index (χ0v) is 8.34. The largest absolute Gasteiger partial charge is 0.278 e. The van der Waals surface area contributed by atoms with E-state index in [0.717, 1.165) is 11.6 Å². The molecule has 0 fully saturated rings. The van der Waals surface area contributed by atoms with Crippen LogP contribution in [0.4, 0.5) is 0 Å². The quantitative estimate of drug-likeness (QED) is 0.661. The van der Waals surface area contributed by atoms with Crippen LogP contribution in [-0.2, 0) is 0 Å². The van der Waals surface area contributed by atoms with Crippen molar-refractivity contribution in [2.75, 3.05) is 6.54 Å². The van der Waals surface area contributed by atoms with Crippen LogP contribution >= 0.6 is 11.8 Å². The lowest BCUT2D eigenvalue weighted by Crippen LogP contribution is -1.96. The van der Waals surface area contributed by atoms with E-state index in [1.807, 2.05) is 13.0 Å². The maximum atomic E-state index is 4.40. The van der Waals surface area contributed by atoms with Crippen LogP contribution in [0.5, 0.6) is 0 Å². The van der Waals surface area contributed by atoms with Crippen molar-refractivity contribution in [1.29, 1.82) is 0 Å². The molecule has 0 spiro atoms. The monoisotopic (exact) mass is 189 g/mol. The van der Waals surface area contributed by atoms with Crippen LogP contribution in [0.15, 0.2) is 40.7 Å².